The van der Waals surface area contributed by atoms with Crippen LogP contribution in [0.1, 0.15) is 32.1 Å². The quantitative estimate of drug-likeness (QED) is 0.701. The van der Waals surface area contributed by atoms with Crippen LogP contribution in [0.4, 0.5) is 0 Å². The summed E-state index contributed by atoms with van der Waals surface area (Å²) in [4.78, 5) is 1.32. The van der Waals surface area contributed by atoms with Crippen molar-refractivity contribution in [2.24, 2.45) is 0 Å². The van der Waals surface area contributed by atoms with Crippen LogP contribution in [-0.4, -0.2) is 5.25 Å². The molecule has 1 aliphatic rings. The van der Waals surface area contributed by atoms with Gasteiger partial charge in [0.15, 0.2) is 0 Å². The molecule has 0 spiro atoms. The molecule has 0 N–H and O–H groups in total. The Labute approximate surface area is 95.0 Å². The van der Waals surface area contributed by atoms with Crippen molar-refractivity contribution >= 4 is 23.4 Å². The van der Waals surface area contributed by atoms with Crippen LogP contribution in [0.3, 0.4) is 0 Å². The van der Waals surface area contributed by atoms with Gasteiger partial charge in [-0.15, -0.1) is 11.8 Å². The maximum Gasteiger partial charge on any atom is 0.0417 e. The number of rotatable bonds is 2. The Bertz CT molecular complexity index is 292. The molecule has 76 valence electrons. The van der Waals surface area contributed by atoms with E-state index in [9.17, 15) is 0 Å². The molecule has 1 saturated carbocycles. The molecular weight excluding hydrogens is 212 g/mol. The van der Waals surface area contributed by atoms with Gasteiger partial charge in [0.25, 0.3) is 0 Å². The smallest absolute Gasteiger partial charge is 0.0417 e. The van der Waals surface area contributed by atoms with E-state index in [0.717, 1.165) is 10.3 Å². The second-order valence-corrected chi connectivity index (χ2v) is 5.65. The SMILES string of the molecule is Clc1cccc(SC2CCCCC2)c1. The van der Waals surface area contributed by atoms with Crippen molar-refractivity contribution in [1.82, 2.24) is 0 Å². The monoisotopic (exact) mass is 226 g/mol. The van der Waals surface area contributed by atoms with E-state index in [-0.39, 0.29) is 0 Å². The van der Waals surface area contributed by atoms with Crippen molar-refractivity contribution < 1.29 is 0 Å². The molecule has 0 aliphatic heterocycles. The summed E-state index contributed by atoms with van der Waals surface area (Å²) in [5.41, 5.74) is 0. The third kappa shape index (κ3) is 2.93. The van der Waals surface area contributed by atoms with Crippen LogP contribution in [0, 0.1) is 0 Å². The van der Waals surface area contributed by atoms with Crippen molar-refractivity contribution in [1.29, 1.82) is 0 Å². The van der Waals surface area contributed by atoms with E-state index in [2.05, 4.69) is 12.1 Å². The number of hydrogen-bond donors (Lipinski definition) is 0. The summed E-state index contributed by atoms with van der Waals surface area (Å²) in [7, 11) is 0. The summed E-state index contributed by atoms with van der Waals surface area (Å²) in [6, 6.07) is 8.20. The second-order valence-electron chi connectivity index (χ2n) is 3.84. The fourth-order valence-corrected chi connectivity index (χ4v) is 3.48. The molecule has 1 aromatic rings. The molecule has 0 bridgehead atoms. The van der Waals surface area contributed by atoms with Gasteiger partial charge >= 0.3 is 0 Å². The lowest BCUT2D eigenvalue weighted by atomic mass is 10.0. The molecule has 1 aliphatic carbocycles. The predicted molar refractivity (Wildman–Crippen MR) is 64.2 cm³/mol. The van der Waals surface area contributed by atoms with Crippen molar-refractivity contribution in [2.75, 3.05) is 0 Å². The van der Waals surface area contributed by atoms with E-state index in [0.29, 0.717) is 0 Å². The maximum atomic E-state index is 5.95. The van der Waals surface area contributed by atoms with Gasteiger partial charge in [-0.05, 0) is 31.0 Å². The first-order chi connectivity index (χ1) is 6.84. The Hall–Kier alpha value is -0.140. The third-order valence-corrected chi connectivity index (χ3v) is 4.22. The molecule has 14 heavy (non-hydrogen) atoms. The molecule has 1 aromatic carbocycles. The van der Waals surface area contributed by atoms with Crippen molar-refractivity contribution in [3.8, 4) is 0 Å². The largest absolute Gasteiger partial charge is 0.123 e. The average Bonchev–Trinajstić information content (AvgIpc) is 2.19. The van der Waals surface area contributed by atoms with E-state index >= 15 is 0 Å². The Morgan fingerprint density at radius 3 is 2.64 bits per heavy atom. The first-order valence-electron chi connectivity index (χ1n) is 5.27. The molecule has 0 nitrogen and oxygen atoms in total. The summed E-state index contributed by atoms with van der Waals surface area (Å²) < 4.78 is 0. The van der Waals surface area contributed by atoms with Crippen LogP contribution < -0.4 is 0 Å². The number of thioether (sulfide) groups is 1. The zero-order chi connectivity index (χ0) is 9.80. The molecule has 1 fully saturated rings. The van der Waals surface area contributed by atoms with Gasteiger partial charge in [0.2, 0.25) is 0 Å². The zero-order valence-corrected chi connectivity index (χ0v) is 9.78. The molecule has 0 saturated heterocycles. The summed E-state index contributed by atoms with van der Waals surface area (Å²) in [6.07, 6.45) is 6.97. The first kappa shape index (κ1) is 10.4. The number of halogens is 1. The fraction of sp³-hybridized carbons (Fsp3) is 0.500. The zero-order valence-electron chi connectivity index (χ0n) is 8.21. The van der Waals surface area contributed by atoms with E-state index < -0.39 is 0 Å². The third-order valence-electron chi connectivity index (χ3n) is 2.65. The van der Waals surface area contributed by atoms with Crippen LogP contribution in [0.15, 0.2) is 29.2 Å². The van der Waals surface area contributed by atoms with Crippen LogP contribution in [0.2, 0.25) is 5.02 Å². The van der Waals surface area contributed by atoms with Gasteiger partial charge in [0, 0.05) is 15.2 Å². The summed E-state index contributed by atoms with van der Waals surface area (Å²) >= 11 is 7.94. The predicted octanol–water partition coefficient (Wildman–Crippen LogP) is 4.76. The summed E-state index contributed by atoms with van der Waals surface area (Å²) in [6.45, 7) is 0. The topological polar surface area (TPSA) is 0 Å². The lowest BCUT2D eigenvalue weighted by Gasteiger charge is -2.20. The Morgan fingerprint density at radius 1 is 1.14 bits per heavy atom. The maximum absolute atomic E-state index is 5.95. The second kappa shape index (κ2) is 5.09. The lowest BCUT2D eigenvalue weighted by molar-refractivity contribution is 0.516. The van der Waals surface area contributed by atoms with Gasteiger partial charge in [-0.2, -0.15) is 0 Å². The Morgan fingerprint density at radius 2 is 1.93 bits per heavy atom. The van der Waals surface area contributed by atoms with Gasteiger partial charge in [-0.25, -0.2) is 0 Å². The number of benzene rings is 1. The molecule has 2 heteroatoms. The van der Waals surface area contributed by atoms with Gasteiger partial charge in [-0.3, -0.25) is 0 Å². The molecular formula is C12H15ClS. The summed E-state index contributed by atoms with van der Waals surface area (Å²) in [5, 5.41) is 1.67. The van der Waals surface area contributed by atoms with Crippen LogP contribution >= 0.6 is 23.4 Å². The van der Waals surface area contributed by atoms with Crippen LogP contribution in [0.25, 0.3) is 0 Å². The molecule has 0 unspecified atom stereocenters. The molecule has 0 atom stereocenters. The first-order valence-corrected chi connectivity index (χ1v) is 6.52. The highest BCUT2D eigenvalue weighted by Crippen LogP contribution is 2.34. The van der Waals surface area contributed by atoms with Crippen molar-refractivity contribution in [3.63, 3.8) is 0 Å². The van der Waals surface area contributed by atoms with E-state index in [1.165, 1.54) is 37.0 Å². The molecule has 0 aromatic heterocycles. The highest BCUT2D eigenvalue weighted by atomic mass is 35.5. The van der Waals surface area contributed by atoms with Crippen LogP contribution in [0.5, 0.6) is 0 Å². The normalized spacial score (nSPS) is 18.4. The number of hydrogen-bond acceptors (Lipinski definition) is 1. The lowest BCUT2D eigenvalue weighted by Crippen LogP contribution is -2.07. The molecule has 0 radical (unpaired) electrons. The van der Waals surface area contributed by atoms with E-state index in [1.807, 2.05) is 23.9 Å². The van der Waals surface area contributed by atoms with Crippen molar-refractivity contribution in [3.05, 3.63) is 29.3 Å². The van der Waals surface area contributed by atoms with Gasteiger partial charge < -0.3 is 0 Å². The Kier molecular flexibility index (Phi) is 3.77. The minimum atomic E-state index is 0.821. The summed E-state index contributed by atoms with van der Waals surface area (Å²) in [5.74, 6) is 0. The standard InChI is InChI=1S/C12H15ClS/c13-10-5-4-8-12(9-10)14-11-6-2-1-3-7-11/h4-5,8-9,11H,1-3,6-7H2. The van der Waals surface area contributed by atoms with Crippen LogP contribution in [-0.2, 0) is 0 Å². The highest BCUT2D eigenvalue weighted by molar-refractivity contribution is 8.00. The molecule has 2 rings (SSSR count). The average molecular weight is 227 g/mol. The highest BCUT2D eigenvalue weighted by Gasteiger charge is 2.14. The fourth-order valence-electron chi connectivity index (χ4n) is 1.92. The van der Waals surface area contributed by atoms with Crippen molar-refractivity contribution in [2.45, 2.75) is 42.2 Å². The minimum absolute atomic E-state index is 0.821. The molecule has 0 heterocycles. The van der Waals surface area contributed by atoms with Gasteiger partial charge in [0.05, 0.1) is 0 Å². The van der Waals surface area contributed by atoms with E-state index in [4.69, 9.17) is 11.6 Å². The van der Waals surface area contributed by atoms with E-state index in [1.54, 1.807) is 0 Å². The van der Waals surface area contributed by atoms with Gasteiger partial charge in [-0.1, -0.05) is 36.9 Å². The van der Waals surface area contributed by atoms with Gasteiger partial charge in [0.1, 0.15) is 0 Å². The molecule has 0 amide bonds. The Balaban J connectivity index is 1.95. The minimum Gasteiger partial charge on any atom is -0.123 e.